The number of carbonyl (C=O) groups is 2. The molecule has 2 amide bonds. The third-order valence-electron chi connectivity index (χ3n) is 6.97. The highest BCUT2D eigenvalue weighted by atomic mass is 16.5. The summed E-state index contributed by atoms with van der Waals surface area (Å²) < 4.78 is 12.9. The molecule has 0 spiro atoms. The summed E-state index contributed by atoms with van der Waals surface area (Å²) in [6.45, 7) is 2.59. The number of amides is 2. The number of para-hydroxylation sites is 1. The summed E-state index contributed by atoms with van der Waals surface area (Å²) in [5, 5.41) is 14.7. The highest BCUT2D eigenvalue weighted by molar-refractivity contribution is 6.19. The fraction of sp³-hybridized carbons (Fsp3) is 0.176. The maximum Gasteiger partial charge on any atom is 0.271 e. The second-order valence-electron chi connectivity index (χ2n) is 9.79. The fourth-order valence-electron chi connectivity index (χ4n) is 4.76. The van der Waals surface area contributed by atoms with Crippen molar-refractivity contribution in [1.29, 1.82) is 5.26 Å². The van der Waals surface area contributed by atoms with Crippen LogP contribution in [0, 0.1) is 11.3 Å². The Morgan fingerprint density at radius 1 is 0.952 bits per heavy atom. The van der Waals surface area contributed by atoms with E-state index in [9.17, 15) is 14.9 Å². The van der Waals surface area contributed by atoms with Crippen LogP contribution in [0.4, 0.5) is 0 Å². The van der Waals surface area contributed by atoms with Crippen LogP contribution in [0.5, 0.6) is 5.75 Å². The van der Waals surface area contributed by atoms with Crippen molar-refractivity contribution in [1.82, 2.24) is 14.7 Å². The van der Waals surface area contributed by atoms with E-state index in [1.165, 1.54) is 0 Å². The van der Waals surface area contributed by atoms with Crippen LogP contribution in [0.2, 0.25) is 0 Å². The van der Waals surface area contributed by atoms with Gasteiger partial charge >= 0.3 is 0 Å². The molecule has 1 aliphatic heterocycles. The van der Waals surface area contributed by atoms with Gasteiger partial charge in [-0.15, -0.1) is 0 Å². The number of carbonyl (C=O) groups excluding carboxylic acids is 2. The molecule has 0 unspecified atom stereocenters. The van der Waals surface area contributed by atoms with E-state index in [1.54, 1.807) is 24.8 Å². The van der Waals surface area contributed by atoms with Gasteiger partial charge in [0.1, 0.15) is 29.7 Å². The van der Waals surface area contributed by atoms with E-state index in [1.807, 2.05) is 97.2 Å². The molecule has 0 radical (unpaired) electrons. The Morgan fingerprint density at radius 2 is 1.69 bits per heavy atom. The molecule has 3 aromatic carbocycles. The van der Waals surface area contributed by atoms with Crippen LogP contribution in [0.15, 0.2) is 108 Å². The number of ether oxygens (including phenoxy) is 2. The number of nitriles is 1. The summed E-state index contributed by atoms with van der Waals surface area (Å²) in [6, 6.07) is 29.2. The van der Waals surface area contributed by atoms with E-state index in [2.05, 4.69) is 0 Å². The van der Waals surface area contributed by atoms with Crippen LogP contribution in [-0.4, -0.2) is 46.8 Å². The molecule has 0 N–H and O–H groups in total. The zero-order valence-corrected chi connectivity index (χ0v) is 23.5. The molecule has 1 aromatic heterocycles. The number of methoxy groups -OCH3 is 1. The second-order valence-corrected chi connectivity index (χ2v) is 9.79. The molecule has 8 heteroatoms. The number of nitrogens with zero attached hydrogens (tertiary/aromatic N) is 4. The first-order valence-corrected chi connectivity index (χ1v) is 13.6. The lowest BCUT2D eigenvalue weighted by atomic mass is 9.93. The van der Waals surface area contributed by atoms with Crippen LogP contribution in [0.3, 0.4) is 0 Å². The Kier molecular flexibility index (Phi) is 8.71. The Morgan fingerprint density at radius 3 is 2.40 bits per heavy atom. The van der Waals surface area contributed by atoms with E-state index in [0.717, 1.165) is 21.7 Å². The van der Waals surface area contributed by atoms with Crippen molar-refractivity contribution in [3.63, 3.8) is 0 Å². The Balaban J connectivity index is 1.57. The van der Waals surface area contributed by atoms with Crippen LogP contribution >= 0.6 is 0 Å². The lowest BCUT2D eigenvalue weighted by Gasteiger charge is -2.27. The molecule has 0 bridgehead atoms. The van der Waals surface area contributed by atoms with Crippen molar-refractivity contribution < 1.29 is 19.1 Å². The van der Waals surface area contributed by atoms with Gasteiger partial charge in [0.15, 0.2) is 0 Å². The quantitative estimate of drug-likeness (QED) is 0.140. The third-order valence-corrected chi connectivity index (χ3v) is 6.97. The van der Waals surface area contributed by atoms with Gasteiger partial charge in [0, 0.05) is 43.2 Å². The summed E-state index contributed by atoms with van der Waals surface area (Å²) in [6.07, 6.45) is 4.02. The summed E-state index contributed by atoms with van der Waals surface area (Å²) in [7, 11) is 1.56. The predicted octanol–water partition coefficient (Wildman–Crippen LogP) is 5.75. The largest absolute Gasteiger partial charge is 0.489 e. The summed E-state index contributed by atoms with van der Waals surface area (Å²) in [5.74, 6) is -0.363. The number of hydrogen-bond acceptors (Lipinski definition) is 6. The molecule has 2 heterocycles. The first-order chi connectivity index (χ1) is 20.5. The standard InChI is InChI=1S/C34H30N4O4/c1-24-30(33(39)37(17-10-18-41-2)34(40)31(24)21-35)20-27-22-38(28-14-7-4-8-15-28)36-32(27)26-13-9-16-29(19-26)42-23-25-11-5-3-6-12-25/h3-9,11-16,19-20,22H,10,17-18,23H2,1-2H3/b30-20+. The Labute approximate surface area is 244 Å². The van der Waals surface area contributed by atoms with Gasteiger partial charge in [0.05, 0.1) is 5.69 Å². The molecular weight excluding hydrogens is 528 g/mol. The second kappa shape index (κ2) is 12.9. The summed E-state index contributed by atoms with van der Waals surface area (Å²) in [5.41, 5.74) is 4.53. The molecule has 0 atom stereocenters. The number of aromatic nitrogens is 2. The van der Waals surface area contributed by atoms with E-state index in [-0.39, 0.29) is 17.7 Å². The molecule has 0 saturated heterocycles. The lowest BCUT2D eigenvalue weighted by molar-refractivity contribution is -0.140. The number of benzene rings is 3. The Hall–Kier alpha value is -5.26. The molecule has 0 fully saturated rings. The van der Waals surface area contributed by atoms with Crippen molar-refractivity contribution in [2.24, 2.45) is 0 Å². The maximum absolute atomic E-state index is 13.6. The molecule has 210 valence electrons. The molecule has 42 heavy (non-hydrogen) atoms. The fourth-order valence-corrected chi connectivity index (χ4v) is 4.76. The molecular formula is C34H30N4O4. The molecule has 4 aromatic rings. The van der Waals surface area contributed by atoms with Gasteiger partial charge in [-0.3, -0.25) is 14.5 Å². The summed E-state index contributed by atoms with van der Waals surface area (Å²) in [4.78, 5) is 27.7. The molecule has 8 nitrogen and oxygen atoms in total. The van der Waals surface area contributed by atoms with Crippen molar-refractivity contribution in [3.05, 3.63) is 119 Å². The molecule has 5 rings (SSSR count). The van der Waals surface area contributed by atoms with Crippen molar-refractivity contribution in [3.8, 4) is 28.8 Å². The zero-order valence-electron chi connectivity index (χ0n) is 23.5. The third kappa shape index (κ3) is 6.07. The molecule has 0 saturated carbocycles. The number of hydrogen-bond donors (Lipinski definition) is 0. The van der Waals surface area contributed by atoms with E-state index in [4.69, 9.17) is 14.6 Å². The van der Waals surface area contributed by atoms with Crippen molar-refractivity contribution in [2.75, 3.05) is 20.3 Å². The van der Waals surface area contributed by atoms with Crippen LogP contribution < -0.4 is 4.74 Å². The summed E-state index contributed by atoms with van der Waals surface area (Å²) >= 11 is 0. The highest BCUT2D eigenvalue weighted by Crippen LogP contribution is 2.32. The monoisotopic (exact) mass is 558 g/mol. The van der Waals surface area contributed by atoms with Crippen molar-refractivity contribution in [2.45, 2.75) is 20.0 Å². The van der Waals surface area contributed by atoms with Gasteiger partial charge in [0.25, 0.3) is 11.8 Å². The average molecular weight is 559 g/mol. The van der Waals surface area contributed by atoms with Gasteiger partial charge in [-0.05, 0) is 54.8 Å². The normalized spacial score (nSPS) is 14.4. The van der Waals surface area contributed by atoms with Crippen LogP contribution in [0.1, 0.15) is 24.5 Å². The SMILES string of the molecule is COCCCN1C(=O)C(C#N)=C(C)/C(=C\c2cn(-c3ccccc3)nc2-c2cccc(OCc3ccccc3)c2)C1=O. The van der Waals surface area contributed by atoms with E-state index in [0.29, 0.717) is 42.2 Å². The minimum absolute atomic E-state index is 0.0495. The first-order valence-electron chi connectivity index (χ1n) is 13.6. The van der Waals surface area contributed by atoms with Gasteiger partial charge in [-0.1, -0.05) is 60.7 Å². The van der Waals surface area contributed by atoms with E-state index < -0.39 is 11.8 Å². The maximum atomic E-state index is 13.6. The highest BCUT2D eigenvalue weighted by Gasteiger charge is 2.35. The van der Waals surface area contributed by atoms with Gasteiger partial charge in [-0.2, -0.15) is 10.4 Å². The first kappa shape index (κ1) is 28.3. The zero-order chi connectivity index (χ0) is 29.5. The predicted molar refractivity (Wildman–Crippen MR) is 159 cm³/mol. The minimum Gasteiger partial charge on any atom is -0.489 e. The topological polar surface area (TPSA) is 97.5 Å². The molecule has 0 aliphatic carbocycles. The van der Waals surface area contributed by atoms with Crippen LogP contribution in [0.25, 0.3) is 23.0 Å². The smallest absolute Gasteiger partial charge is 0.271 e. The Bertz CT molecular complexity index is 1700. The van der Waals surface area contributed by atoms with Gasteiger partial charge in [0.2, 0.25) is 0 Å². The lowest BCUT2D eigenvalue weighted by Crippen LogP contribution is -2.43. The molecule has 1 aliphatic rings. The number of rotatable bonds is 10. The van der Waals surface area contributed by atoms with E-state index >= 15 is 0 Å². The number of imide groups is 1. The van der Waals surface area contributed by atoms with Gasteiger partial charge in [-0.25, -0.2) is 4.68 Å². The van der Waals surface area contributed by atoms with Crippen LogP contribution in [-0.2, 0) is 20.9 Å². The van der Waals surface area contributed by atoms with Gasteiger partial charge < -0.3 is 9.47 Å². The minimum atomic E-state index is -0.586. The van der Waals surface area contributed by atoms with Crippen molar-refractivity contribution >= 4 is 17.9 Å². The average Bonchev–Trinajstić information content (AvgIpc) is 3.45.